The van der Waals surface area contributed by atoms with Crippen molar-refractivity contribution in [2.75, 3.05) is 0 Å². The Labute approximate surface area is 66.1 Å². The van der Waals surface area contributed by atoms with E-state index < -0.39 is 8.17 Å². The molecule has 1 rings (SSSR count). The van der Waals surface area contributed by atoms with Crippen molar-refractivity contribution >= 4 is 8.17 Å². The highest BCUT2D eigenvalue weighted by atomic mass is 31.1. The standard InChI is InChI=1S/C7H10NO2P/c8-11(9)10-6-7-4-2-1-3-5-7/h1-5,11H,6H2,(H2,8,9). The van der Waals surface area contributed by atoms with Crippen LogP contribution in [0.3, 0.4) is 0 Å². The van der Waals surface area contributed by atoms with E-state index in [1.165, 1.54) is 0 Å². The lowest BCUT2D eigenvalue weighted by Gasteiger charge is -2.00. The summed E-state index contributed by atoms with van der Waals surface area (Å²) in [7, 11) is -2.28. The molecule has 1 unspecified atom stereocenters. The van der Waals surface area contributed by atoms with E-state index in [0.29, 0.717) is 6.61 Å². The van der Waals surface area contributed by atoms with Crippen LogP contribution in [0.5, 0.6) is 0 Å². The SMILES string of the molecule is N=[PH](O)OCc1ccccc1. The summed E-state index contributed by atoms with van der Waals surface area (Å²) in [6, 6.07) is 9.49. The summed E-state index contributed by atoms with van der Waals surface area (Å²) in [5, 5.41) is 6.76. The Morgan fingerprint density at radius 3 is 2.55 bits per heavy atom. The van der Waals surface area contributed by atoms with Crippen LogP contribution in [0, 0.1) is 5.16 Å². The topological polar surface area (TPSA) is 53.3 Å². The predicted molar refractivity (Wildman–Crippen MR) is 44.5 cm³/mol. The maximum atomic E-state index is 8.56. The molecule has 0 heterocycles. The summed E-state index contributed by atoms with van der Waals surface area (Å²) in [6.07, 6.45) is 0. The predicted octanol–water partition coefficient (Wildman–Crippen LogP) is 2.00. The van der Waals surface area contributed by atoms with Gasteiger partial charge in [-0.1, -0.05) is 30.3 Å². The van der Waals surface area contributed by atoms with Crippen LogP contribution < -0.4 is 0 Å². The molecule has 1 aromatic carbocycles. The average Bonchev–Trinajstić information content (AvgIpc) is 2.03. The Morgan fingerprint density at radius 1 is 1.36 bits per heavy atom. The van der Waals surface area contributed by atoms with Gasteiger partial charge in [-0.15, -0.1) is 0 Å². The summed E-state index contributed by atoms with van der Waals surface area (Å²) in [5.41, 5.74) is 0.983. The minimum Gasteiger partial charge on any atom is -0.342 e. The third kappa shape index (κ3) is 3.33. The van der Waals surface area contributed by atoms with Crippen LogP contribution in [0.2, 0.25) is 0 Å². The highest BCUT2D eigenvalue weighted by Gasteiger charge is 1.90. The highest BCUT2D eigenvalue weighted by Crippen LogP contribution is 2.18. The number of hydrogen-bond donors (Lipinski definition) is 2. The summed E-state index contributed by atoms with van der Waals surface area (Å²) in [6.45, 7) is 0.329. The fourth-order valence-corrected chi connectivity index (χ4v) is 1.03. The van der Waals surface area contributed by atoms with Crippen LogP contribution in [-0.2, 0) is 11.1 Å². The molecular weight excluding hydrogens is 161 g/mol. The molecule has 0 aliphatic rings. The van der Waals surface area contributed by atoms with Gasteiger partial charge in [0.15, 0.2) is 8.17 Å². The number of hydrogen-bond acceptors (Lipinski definition) is 2. The molecule has 11 heavy (non-hydrogen) atoms. The molecule has 0 spiro atoms. The first-order valence-electron chi connectivity index (χ1n) is 3.23. The van der Waals surface area contributed by atoms with E-state index in [0.717, 1.165) is 5.56 Å². The molecule has 0 fully saturated rings. The second-order valence-electron chi connectivity index (χ2n) is 2.08. The fourth-order valence-electron chi connectivity index (χ4n) is 0.726. The first-order chi connectivity index (χ1) is 5.29. The largest absolute Gasteiger partial charge is 0.342 e. The van der Waals surface area contributed by atoms with Crippen molar-refractivity contribution in [2.45, 2.75) is 6.61 Å². The molecule has 0 aromatic heterocycles. The van der Waals surface area contributed by atoms with Gasteiger partial charge in [0.25, 0.3) is 0 Å². The zero-order valence-electron chi connectivity index (χ0n) is 5.95. The third-order valence-corrected chi connectivity index (χ3v) is 1.64. The van der Waals surface area contributed by atoms with E-state index in [1.807, 2.05) is 30.3 Å². The monoisotopic (exact) mass is 171 g/mol. The lowest BCUT2D eigenvalue weighted by atomic mass is 10.2. The Balaban J connectivity index is 2.45. The van der Waals surface area contributed by atoms with Crippen LogP contribution in [0.25, 0.3) is 0 Å². The summed E-state index contributed by atoms with van der Waals surface area (Å²) >= 11 is 0. The van der Waals surface area contributed by atoms with Crippen molar-refractivity contribution in [1.82, 2.24) is 0 Å². The van der Waals surface area contributed by atoms with E-state index in [1.54, 1.807) is 0 Å². The van der Waals surface area contributed by atoms with E-state index >= 15 is 0 Å². The zero-order chi connectivity index (χ0) is 8.10. The number of rotatable bonds is 3. The van der Waals surface area contributed by atoms with Gasteiger partial charge in [-0.25, -0.2) is 0 Å². The van der Waals surface area contributed by atoms with Crippen molar-refractivity contribution in [1.29, 1.82) is 5.16 Å². The van der Waals surface area contributed by atoms with Crippen molar-refractivity contribution < 1.29 is 9.42 Å². The highest BCUT2D eigenvalue weighted by molar-refractivity contribution is 7.33. The molecule has 0 aliphatic heterocycles. The molecule has 0 aliphatic carbocycles. The summed E-state index contributed by atoms with van der Waals surface area (Å²) in [5.74, 6) is 0. The minimum absolute atomic E-state index is 0.329. The second kappa shape index (κ2) is 4.29. The van der Waals surface area contributed by atoms with Gasteiger partial charge in [-0.3, -0.25) is 5.16 Å². The molecule has 1 atom stereocenters. The van der Waals surface area contributed by atoms with Gasteiger partial charge < -0.3 is 9.42 Å². The van der Waals surface area contributed by atoms with Gasteiger partial charge in [-0.05, 0) is 5.56 Å². The first-order valence-corrected chi connectivity index (χ1v) is 4.59. The molecule has 0 radical (unpaired) electrons. The van der Waals surface area contributed by atoms with E-state index in [-0.39, 0.29) is 0 Å². The van der Waals surface area contributed by atoms with Gasteiger partial charge in [0.2, 0.25) is 0 Å². The zero-order valence-corrected chi connectivity index (χ0v) is 6.95. The van der Waals surface area contributed by atoms with E-state index in [9.17, 15) is 0 Å². The molecule has 0 saturated carbocycles. The Morgan fingerprint density at radius 2 is 2.00 bits per heavy atom. The van der Waals surface area contributed by atoms with Gasteiger partial charge in [0, 0.05) is 0 Å². The van der Waals surface area contributed by atoms with Crippen LogP contribution >= 0.6 is 8.17 Å². The third-order valence-electron chi connectivity index (χ3n) is 1.22. The molecular formula is C7H10NO2P. The van der Waals surface area contributed by atoms with Crippen LogP contribution in [0.1, 0.15) is 5.56 Å². The van der Waals surface area contributed by atoms with Crippen LogP contribution in [0.15, 0.2) is 30.3 Å². The Kier molecular flexibility index (Phi) is 3.30. The molecule has 1 aromatic rings. The molecule has 0 saturated heterocycles. The van der Waals surface area contributed by atoms with Crippen LogP contribution in [-0.4, -0.2) is 4.89 Å². The molecule has 3 nitrogen and oxygen atoms in total. The molecule has 2 N–H and O–H groups in total. The summed E-state index contributed by atoms with van der Waals surface area (Å²) < 4.78 is 4.75. The lowest BCUT2D eigenvalue weighted by Crippen LogP contribution is -1.83. The number of benzene rings is 1. The molecule has 4 heteroatoms. The van der Waals surface area contributed by atoms with Crippen molar-refractivity contribution in [3.63, 3.8) is 0 Å². The second-order valence-corrected chi connectivity index (χ2v) is 2.98. The molecule has 0 amide bonds. The van der Waals surface area contributed by atoms with Crippen molar-refractivity contribution in [3.8, 4) is 0 Å². The fraction of sp³-hybridized carbons (Fsp3) is 0.143. The van der Waals surface area contributed by atoms with Gasteiger partial charge in [0.1, 0.15) is 0 Å². The number of nitrogens with one attached hydrogen (secondary N) is 1. The lowest BCUT2D eigenvalue weighted by molar-refractivity contribution is 0.305. The quantitative estimate of drug-likeness (QED) is 0.683. The Hall–Kier alpha value is -0.630. The van der Waals surface area contributed by atoms with Crippen molar-refractivity contribution in [2.24, 2.45) is 0 Å². The molecule has 0 bridgehead atoms. The maximum absolute atomic E-state index is 8.56. The molecule has 60 valence electrons. The van der Waals surface area contributed by atoms with Gasteiger partial charge in [0.05, 0.1) is 6.61 Å². The van der Waals surface area contributed by atoms with Crippen LogP contribution in [0.4, 0.5) is 0 Å². The minimum atomic E-state index is -2.28. The van der Waals surface area contributed by atoms with E-state index in [2.05, 4.69) is 0 Å². The summed E-state index contributed by atoms with van der Waals surface area (Å²) in [4.78, 5) is 8.56. The Bertz CT molecular complexity index is 237. The first kappa shape index (κ1) is 8.47. The normalized spacial score (nSPS) is 12.8. The maximum Gasteiger partial charge on any atom is 0.194 e. The van der Waals surface area contributed by atoms with E-state index in [4.69, 9.17) is 14.6 Å². The average molecular weight is 171 g/mol. The van der Waals surface area contributed by atoms with Gasteiger partial charge >= 0.3 is 0 Å². The van der Waals surface area contributed by atoms with Gasteiger partial charge in [-0.2, -0.15) is 0 Å². The smallest absolute Gasteiger partial charge is 0.194 e. The van der Waals surface area contributed by atoms with Crippen molar-refractivity contribution in [3.05, 3.63) is 35.9 Å².